The molecule has 0 saturated heterocycles. The van der Waals surface area contributed by atoms with Crippen molar-refractivity contribution in [2.24, 2.45) is 0 Å². The van der Waals surface area contributed by atoms with Gasteiger partial charge in [0, 0.05) is 12.7 Å². The second-order valence-corrected chi connectivity index (χ2v) is 4.18. The lowest BCUT2D eigenvalue weighted by molar-refractivity contribution is -0.137. The molecule has 2 aromatic rings. The van der Waals surface area contributed by atoms with Gasteiger partial charge in [-0.05, 0) is 25.1 Å². The van der Waals surface area contributed by atoms with Crippen molar-refractivity contribution in [2.75, 3.05) is 5.73 Å². The Bertz CT molecular complexity index is 593. The van der Waals surface area contributed by atoms with Crippen LogP contribution in [0.4, 0.5) is 19.0 Å². The van der Waals surface area contributed by atoms with Gasteiger partial charge in [0.2, 0.25) is 0 Å². The number of halogens is 3. The van der Waals surface area contributed by atoms with Crippen LogP contribution < -0.4 is 10.5 Å². The molecule has 0 atom stereocenters. The Balaban J connectivity index is 2.11. The second-order valence-electron chi connectivity index (χ2n) is 4.18. The molecular formula is C13H14F3N3O. The minimum atomic E-state index is -4.38. The van der Waals surface area contributed by atoms with E-state index < -0.39 is 11.7 Å². The Morgan fingerprint density at radius 1 is 1.35 bits per heavy atom. The van der Waals surface area contributed by atoms with Crippen LogP contribution in [0, 0.1) is 0 Å². The average Bonchev–Trinajstić information content (AvgIpc) is 2.76. The number of ether oxygens (including phenoxy) is 1. The van der Waals surface area contributed by atoms with Crippen LogP contribution in [0.25, 0.3) is 0 Å². The average molecular weight is 285 g/mol. The normalized spacial score (nSPS) is 11.6. The van der Waals surface area contributed by atoms with Crippen molar-refractivity contribution in [2.45, 2.75) is 26.3 Å². The third-order valence-electron chi connectivity index (χ3n) is 2.75. The molecule has 0 spiro atoms. The Morgan fingerprint density at radius 3 is 2.75 bits per heavy atom. The highest BCUT2D eigenvalue weighted by molar-refractivity contribution is 5.30. The number of aryl methyl sites for hydroxylation is 1. The summed E-state index contributed by atoms with van der Waals surface area (Å²) in [7, 11) is 0. The van der Waals surface area contributed by atoms with Gasteiger partial charge in [-0.3, -0.25) is 0 Å². The van der Waals surface area contributed by atoms with Gasteiger partial charge in [-0.15, -0.1) is 0 Å². The molecule has 0 saturated carbocycles. The number of nitrogens with zero attached hydrogens (tertiary/aromatic N) is 2. The lowest BCUT2D eigenvalue weighted by Gasteiger charge is -2.10. The van der Waals surface area contributed by atoms with Crippen molar-refractivity contribution in [3.05, 3.63) is 41.9 Å². The van der Waals surface area contributed by atoms with Crippen molar-refractivity contribution in [3.8, 4) is 5.75 Å². The second kappa shape index (κ2) is 5.44. The van der Waals surface area contributed by atoms with Gasteiger partial charge in [-0.2, -0.15) is 13.2 Å². The molecule has 2 N–H and O–H groups in total. The third-order valence-corrected chi connectivity index (χ3v) is 2.75. The van der Waals surface area contributed by atoms with E-state index in [9.17, 15) is 13.2 Å². The quantitative estimate of drug-likeness (QED) is 0.939. The van der Waals surface area contributed by atoms with Gasteiger partial charge < -0.3 is 15.0 Å². The number of benzene rings is 1. The van der Waals surface area contributed by atoms with Crippen LogP contribution in [0.1, 0.15) is 18.3 Å². The molecule has 1 aromatic carbocycles. The van der Waals surface area contributed by atoms with E-state index in [4.69, 9.17) is 10.5 Å². The molecule has 1 heterocycles. The van der Waals surface area contributed by atoms with Crippen LogP contribution in [0.2, 0.25) is 0 Å². The molecule has 0 aliphatic rings. The van der Waals surface area contributed by atoms with Crippen molar-refractivity contribution >= 4 is 5.82 Å². The van der Waals surface area contributed by atoms with Crippen molar-refractivity contribution in [1.82, 2.24) is 9.55 Å². The SMILES string of the molecule is CCn1cc(N)nc1COc1cccc(C(F)(F)F)c1. The molecule has 0 amide bonds. The lowest BCUT2D eigenvalue weighted by atomic mass is 10.2. The summed E-state index contributed by atoms with van der Waals surface area (Å²) >= 11 is 0. The zero-order valence-corrected chi connectivity index (χ0v) is 10.8. The van der Waals surface area contributed by atoms with Gasteiger partial charge >= 0.3 is 6.18 Å². The van der Waals surface area contributed by atoms with Crippen LogP contribution in [-0.4, -0.2) is 9.55 Å². The number of aromatic nitrogens is 2. The molecule has 1 aromatic heterocycles. The smallest absolute Gasteiger partial charge is 0.416 e. The van der Waals surface area contributed by atoms with E-state index in [0.29, 0.717) is 18.2 Å². The van der Waals surface area contributed by atoms with E-state index in [0.717, 1.165) is 12.1 Å². The van der Waals surface area contributed by atoms with Gasteiger partial charge in [0.25, 0.3) is 0 Å². The summed E-state index contributed by atoms with van der Waals surface area (Å²) in [6, 6.07) is 4.73. The third kappa shape index (κ3) is 3.23. The molecule has 0 radical (unpaired) electrons. The lowest BCUT2D eigenvalue weighted by Crippen LogP contribution is -2.07. The summed E-state index contributed by atoms with van der Waals surface area (Å²) in [5.74, 6) is 1.07. The Kier molecular flexibility index (Phi) is 3.87. The first-order valence-corrected chi connectivity index (χ1v) is 6.01. The van der Waals surface area contributed by atoms with Crippen LogP contribution >= 0.6 is 0 Å². The van der Waals surface area contributed by atoms with E-state index >= 15 is 0 Å². The predicted molar refractivity (Wildman–Crippen MR) is 68.1 cm³/mol. The molecule has 7 heteroatoms. The summed E-state index contributed by atoms with van der Waals surface area (Å²) in [5, 5.41) is 0. The maximum absolute atomic E-state index is 12.6. The number of hydrogen-bond acceptors (Lipinski definition) is 3. The predicted octanol–water partition coefficient (Wildman–Crippen LogP) is 3.08. The van der Waals surface area contributed by atoms with E-state index in [1.54, 1.807) is 10.8 Å². The zero-order chi connectivity index (χ0) is 14.8. The Labute approximate surface area is 114 Å². The summed E-state index contributed by atoms with van der Waals surface area (Å²) in [5.41, 5.74) is 4.83. The highest BCUT2D eigenvalue weighted by Crippen LogP contribution is 2.31. The van der Waals surface area contributed by atoms with Gasteiger partial charge in [-0.25, -0.2) is 4.98 Å². The fourth-order valence-electron chi connectivity index (χ4n) is 1.78. The van der Waals surface area contributed by atoms with Gasteiger partial charge in [0.1, 0.15) is 24.0 Å². The molecule has 0 bridgehead atoms. The maximum Gasteiger partial charge on any atom is 0.416 e. The van der Waals surface area contributed by atoms with E-state index in [-0.39, 0.29) is 12.4 Å². The molecule has 108 valence electrons. The molecule has 20 heavy (non-hydrogen) atoms. The van der Waals surface area contributed by atoms with Gasteiger partial charge in [-0.1, -0.05) is 6.07 Å². The maximum atomic E-state index is 12.6. The summed E-state index contributed by atoms with van der Waals surface area (Å²) in [6.07, 6.45) is -2.73. The van der Waals surface area contributed by atoms with E-state index in [1.165, 1.54) is 12.1 Å². The first-order valence-electron chi connectivity index (χ1n) is 6.01. The molecule has 0 aliphatic carbocycles. The molecular weight excluding hydrogens is 271 g/mol. The molecule has 0 unspecified atom stereocenters. The molecule has 0 aliphatic heterocycles. The molecule has 2 rings (SSSR count). The van der Waals surface area contributed by atoms with Crippen LogP contribution in [0.3, 0.4) is 0 Å². The fraction of sp³-hybridized carbons (Fsp3) is 0.308. The Morgan fingerprint density at radius 2 is 2.10 bits per heavy atom. The van der Waals surface area contributed by atoms with Crippen LogP contribution in [0.5, 0.6) is 5.75 Å². The van der Waals surface area contributed by atoms with Crippen molar-refractivity contribution < 1.29 is 17.9 Å². The van der Waals surface area contributed by atoms with Crippen molar-refractivity contribution in [1.29, 1.82) is 0 Å². The standard InChI is InChI=1S/C13H14F3N3O/c1-2-19-7-11(17)18-12(19)8-20-10-5-3-4-9(6-10)13(14,15)16/h3-7H,2,8,17H2,1H3. The minimum Gasteiger partial charge on any atom is -0.486 e. The number of hydrogen-bond donors (Lipinski definition) is 1. The number of alkyl halides is 3. The number of rotatable bonds is 4. The summed E-state index contributed by atoms with van der Waals surface area (Å²) in [6.45, 7) is 2.63. The van der Waals surface area contributed by atoms with Crippen LogP contribution in [0.15, 0.2) is 30.5 Å². The van der Waals surface area contributed by atoms with Gasteiger partial charge in [0.15, 0.2) is 0 Å². The molecule has 0 fully saturated rings. The molecule has 4 nitrogen and oxygen atoms in total. The van der Waals surface area contributed by atoms with Gasteiger partial charge in [0.05, 0.1) is 5.56 Å². The fourth-order valence-corrected chi connectivity index (χ4v) is 1.78. The number of anilines is 1. The largest absolute Gasteiger partial charge is 0.486 e. The topological polar surface area (TPSA) is 53.1 Å². The van der Waals surface area contributed by atoms with E-state index in [2.05, 4.69) is 4.98 Å². The minimum absolute atomic E-state index is 0.0619. The van der Waals surface area contributed by atoms with Crippen molar-refractivity contribution in [3.63, 3.8) is 0 Å². The summed E-state index contributed by atoms with van der Waals surface area (Å²) < 4.78 is 44.8. The first-order chi connectivity index (χ1) is 9.40. The summed E-state index contributed by atoms with van der Waals surface area (Å²) in [4.78, 5) is 4.06. The number of nitrogen functional groups attached to an aromatic ring is 1. The van der Waals surface area contributed by atoms with Crippen LogP contribution in [-0.2, 0) is 19.3 Å². The number of nitrogens with two attached hydrogens (primary N) is 1. The monoisotopic (exact) mass is 285 g/mol. The first kappa shape index (κ1) is 14.2. The highest BCUT2D eigenvalue weighted by Gasteiger charge is 2.30. The highest BCUT2D eigenvalue weighted by atomic mass is 19.4. The number of imidazole rings is 1. The zero-order valence-electron chi connectivity index (χ0n) is 10.8. The van der Waals surface area contributed by atoms with E-state index in [1.807, 2.05) is 6.92 Å². The Hall–Kier alpha value is -2.18.